The van der Waals surface area contributed by atoms with Crippen LogP contribution in [0.2, 0.25) is 0 Å². The highest BCUT2D eigenvalue weighted by Gasteiger charge is 2.26. The van der Waals surface area contributed by atoms with Gasteiger partial charge in [0.1, 0.15) is 0 Å². The van der Waals surface area contributed by atoms with Crippen LogP contribution in [0.1, 0.15) is 46.6 Å². The molecule has 1 aliphatic rings. The molecule has 0 spiro atoms. The fourth-order valence-electron chi connectivity index (χ4n) is 4.27. The lowest BCUT2D eigenvalue weighted by Crippen LogP contribution is -2.37. The number of likely N-dealkylation sites (tertiary alicyclic amines) is 1. The highest BCUT2D eigenvalue weighted by atomic mass is 32.1. The van der Waals surface area contributed by atoms with Crippen molar-refractivity contribution in [3.8, 4) is 0 Å². The number of carbonyl (C=O) groups excluding carboxylic acids is 1. The van der Waals surface area contributed by atoms with Crippen molar-refractivity contribution in [3.05, 3.63) is 52.7 Å². The smallest absolute Gasteiger partial charge is 0.261 e. The first-order valence-corrected chi connectivity index (χ1v) is 10.9. The predicted octanol–water partition coefficient (Wildman–Crippen LogP) is 3.98. The molecule has 1 aromatic carbocycles. The summed E-state index contributed by atoms with van der Waals surface area (Å²) in [5.74, 6) is 0.0306. The van der Waals surface area contributed by atoms with Gasteiger partial charge in [0.2, 0.25) is 0 Å². The molecule has 0 bridgehead atoms. The molecule has 1 amide bonds. The summed E-state index contributed by atoms with van der Waals surface area (Å²) in [4.78, 5) is 16.0. The number of hydrogen-bond acceptors (Lipinski definition) is 4. The van der Waals surface area contributed by atoms with Gasteiger partial charge in [-0.15, -0.1) is 11.3 Å². The minimum absolute atomic E-state index is 0.0306. The van der Waals surface area contributed by atoms with Gasteiger partial charge in [0.15, 0.2) is 0 Å². The molecule has 148 valence electrons. The minimum atomic E-state index is 0.0306. The van der Waals surface area contributed by atoms with Crippen LogP contribution in [-0.4, -0.2) is 40.2 Å². The Morgan fingerprint density at radius 3 is 2.89 bits per heavy atom. The highest BCUT2D eigenvalue weighted by molar-refractivity contribution is 7.21. The van der Waals surface area contributed by atoms with Crippen LogP contribution in [0.15, 0.2) is 36.5 Å². The maximum absolute atomic E-state index is 12.6. The second-order valence-corrected chi connectivity index (χ2v) is 8.66. The fourth-order valence-corrected chi connectivity index (χ4v) is 5.45. The molecular formula is C22H28N4OS. The van der Waals surface area contributed by atoms with Gasteiger partial charge in [-0.1, -0.05) is 31.0 Å². The van der Waals surface area contributed by atoms with Gasteiger partial charge in [0.05, 0.1) is 10.6 Å². The molecule has 3 heterocycles. The Balaban J connectivity index is 1.67. The SMILES string of the molecule is CNC(=O)c1sc2ccccc2c1CC1CCCCCN1Cc1ccnn1C. The highest BCUT2D eigenvalue weighted by Crippen LogP contribution is 2.34. The van der Waals surface area contributed by atoms with Gasteiger partial charge in [-0.05, 0) is 48.9 Å². The summed E-state index contributed by atoms with van der Waals surface area (Å²) in [7, 11) is 3.73. The van der Waals surface area contributed by atoms with E-state index in [1.165, 1.54) is 47.0 Å². The second kappa shape index (κ2) is 8.45. The third-order valence-electron chi connectivity index (χ3n) is 5.86. The predicted molar refractivity (Wildman–Crippen MR) is 115 cm³/mol. The number of hydrogen-bond donors (Lipinski definition) is 1. The Bertz CT molecular complexity index is 961. The van der Waals surface area contributed by atoms with E-state index in [1.54, 1.807) is 18.4 Å². The molecular weight excluding hydrogens is 368 g/mol. The van der Waals surface area contributed by atoms with E-state index in [0.717, 1.165) is 24.4 Å². The van der Waals surface area contributed by atoms with Crippen LogP contribution in [0.5, 0.6) is 0 Å². The lowest BCUT2D eigenvalue weighted by atomic mass is 9.98. The van der Waals surface area contributed by atoms with E-state index in [2.05, 4.69) is 45.6 Å². The van der Waals surface area contributed by atoms with E-state index in [4.69, 9.17) is 0 Å². The molecule has 0 saturated carbocycles. The van der Waals surface area contributed by atoms with E-state index in [-0.39, 0.29) is 5.91 Å². The first-order chi connectivity index (χ1) is 13.7. The summed E-state index contributed by atoms with van der Waals surface area (Å²) < 4.78 is 3.17. The fraction of sp³-hybridized carbons (Fsp3) is 0.455. The van der Waals surface area contributed by atoms with E-state index in [0.29, 0.717) is 6.04 Å². The normalized spacial score (nSPS) is 18.3. The summed E-state index contributed by atoms with van der Waals surface area (Å²) in [5, 5.41) is 8.40. The zero-order valence-corrected chi connectivity index (χ0v) is 17.5. The summed E-state index contributed by atoms with van der Waals surface area (Å²) in [6.07, 6.45) is 7.74. The molecule has 1 saturated heterocycles. The van der Waals surface area contributed by atoms with Crippen molar-refractivity contribution in [2.24, 2.45) is 7.05 Å². The maximum atomic E-state index is 12.6. The molecule has 0 aliphatic carbocycles. The van der Waals surface area contributed by atoms with Crippen molar-refractivity contribution in [2.75, 3.05) is 13.6 Å². The van der Waals surface area contributed by atoms with Gasteiger partial charge in [-0.25, -0.2) is 0 Å². The Hall–Kier alpha value is -2.18. The first-order valence-electron chi connectivity index (χ1n) is 10.1. The Morgan fingerprint density at radius 2 is 2.11 bits per heavy atom. The summed E-state index contributed by atoms with van der Waals surface area (Å²) >= 11 is 1.61. The molecule has 2 aromatic heterocycles. The summed E-state index contributed by atoms with van der Waals surface area (Å²) in [6.45, 7) is 2.02. The molecule has 6 heteroatoms. The number of carbonyl (C=O) groups is 1. The number of aryl methyl sites for hydroxylation is 1. The number of thiophene rings is 1. The van der Waals surface area contributed by atoms with E-state index >= 15 is 0 Å². The molecule has 1 atom stereocenters. The second-order valence-electron chi connectivity index (χ2n) is 7.61. The monoisotopic (exact) mass is 396 g/mol. The van der Waals surface area contributed by atoms with Crippen LogP contribution in [0.3, 0.4) is 0 Å². The standard InChI is InChI=1S/C22H28N4OS/c1-23-22(27)21-19(18-9-5-6-10-20(18)28-21)14-16-8-4-3-7-13-26(16)15-17-11-12-24-25(17)2/h5-6,9-12,16H,3-4,7-8,13-15H2,1-2H3,(H,23,27). The molecule has 1 N–H and O–H groups in total. The van der Waals surface area contributed by atoms with Crippen molar-refractivity contribution < 1.29 is 4.79 Å². The lowest BCUT2D eigenvalue weighted by molar-refractivity contribution is 0.0965. The zero-order valence-electron chi connectivity index (χ0n) is 16.6. The van der Waals surface area contributed by atoms with Gasteiger partial charge < -0.3 is 5.32 Å². The largest absolute Gasteiger partial charge is 0.354 e. The number of fused-ring (bicyclic) bond motifs is 1. The molecule has 0 radical (unpaired) electrons. The minimum Gasteiger partial charge on any atom is -0.354 e. The summed E-state index contributed by atoms with van der Waals surface area (Å²) in [6, 6.07) is 11.0. The van der Waals surface area contributed by atoms with Gasteiger partial charge in [-0.2, -0.15) is 5.10 Å². The summed E-state index contributed by atoms with van der Waals surface area (Å²) in [5.41, 5.74) is 2.45. The van der Waals surface area contributed by atoms with Crippen LogP contribution in [0.4, 0.5) is 0 Å². The maximum Gasteiger partial charge on any atom is 0.261 e. The van der Waals surface area contributed by atoms with Crippen molar-refractivity contribution in [1.29, 1.82) is 0 Å². The Labute approximate surface area is 170 Å². The first kappa shape index (κ1) is 19.2. The van der Waals surface area contributed by atoms with Gasteiger partial charge in [0, 0.05) is 37.6 Å². The molecule has 3 aromatic rings. The Kier molecular flexibility index (Phi) is 5.78. The average molecular weight is 397 g/mol. The van der Waals surface area contributed by atoms with Crippen molar-refractivity contribution in [2.45, 2.75) is 44.7 Å². The molecule has 1 fully saturated rings. The van der Waals surface area contributed by atoms with Gasteiger partial charge >= 0.3 is 0 Å². The van der Waals surface area contributed by atoms with E-state index in [9.17, 15) is 4.79 Å². The molecule has 4 rings (SSSR count). The van der Waals surface area contributed by atoms with Crippen molar-refractivity contribution in [1.82, 2.24) is 20.0 Å². The van der Waals surface area contributed by atoms with Crippen LogP contribution in [0, 0.1) is 0 Å². The quantitative estimate of drug-likeness (QED) is 0.710. The number of nitrogens with zero attached hydrogens (tertiary/aromatic N) is 3. The van der Waals surface area contributed by atoms with Gasteiger partial charge in [-0.3, -0.25) is 14.4 Å². The third kappa shape index (κ3) is 3.84. The van der Waals surface area contributed by atoms with Crippen LogP contribution < -0.4 is 5.32 Å². The van der Waals surface area contributed by atoms with Crippen molar-refractivity contribution in [3.63, 3.8) is 0 Å². The number of benzene rings is 1. The molecule has 1 aliphatic heterocycles. The van der Waals surface area contributed by atoms with E-state index in [1.807, 2.05) is 17.9 Å². The van der Waals surface area contributed by atoms with Crippen molar-refractivity contribution >= 4 is 27.3 Å². The molecule has 28 heavy (non-hydrogen) atoms. The Morgan fingerprint density at radius 1 is 1.25 bits per heavy atom. The van der Waals surface area contributed by atoms with Crippen LogP contribution >= 0.6 is 11.3 Å². The average Bonchev–Trinajstić information content (AvgIpc) is 3.20. The number of aromatic nitrogens is 2. The van der Waals surface area contributed by atoms with E-state index < -0.39 is 0 Å². The number of nitrogens with one attached hydrogen (secondary N) is 1. The number of rotatable bonds is 5. The van der Waals surface area contributed by atoms with Gasteiger partial charge in [0.25, 0.3) is 5.91 Å². The molecule has 5 nitrogen and oxygen atoms in total. The van der Waals surface area contributed by atoms with Crippen LogP contribution in [-0.2, 0) is 20.0 Å². The number of amides is 1. The van der Waals surface area contributed by atoms with Crippen LogP contribution in [0.25, 0.3) is 10.1 Å². The lowest BCUT2D eigenvalue weighted by Gasteiger charge is -2.30. The zero-order chi connectivity index (χ0) is 19.5. The molecule has 1 unspecified atom stereocenters. The third-order valence-corrected chi connectivity index (χ3v) is 7.07. The topological polar surface area (TPSA) is 50.2 Å².